The van der Waals surface area contributed by atoms with Crippen LogP contribution in [-0.2, 0) is 0 Å². The summed E-state index contributed by atoms with van der Waals surface area (Å²) < 4.78 is 0.828. The highest BCUT2D eigenvalue weighted by molar-refractivity contribution is 14.1. The zero-order valence-corrected chi connectivity index (χ0v) is 9.36. The van der Waals surface area contributed by atoms with E-state index < -0.39 is 0 Å². The summed E-state index contributed by atoms with van der Waals surface area (Å²) in [7, 11) is 0. The summed E-state index contributed by atoms with van der Waals surface area (Å²) in [6, 6.07) is 5.38. The lowest BCUT2D eigenvalue weighted by molar-refractivity contribution is 0.471. The van der Waals surface area contributed by atoms with Gasteiger partial charge in [0, 0.05) is 6.04 Å². The summed E-state index contributed by atoms with van der Waals surface area (Å²) in [6.07, 6.45) is 2.55. The van der Waals surface area contributed by atoms with E-state index in [-0.39, 0.29) is 6.04 Å². The van der Waals surface area contributed by atoms with Crippen molar-refractivity contribution in [2.75, 3.05) is 0 Å². The van der Waals surface area contributed by atoms with Gasteiger partial charge < -0.3 is 10.8 Å². The molecular formula is C10H12INO. The van der Waals surface area contributed by atoms with E-state index in [2.05, 4.69) is 29.2 Å². The lowest BCUT2D eigenvalue weighted by Gasteiger charge is -2.10. The monoisotopic (exact) mass is 289 g/mol. The number of rotatable bonds is 3. The molecule has 1 unspecified atom stereocenters. The van der Waals surface area contributed by atoms with Gasteiger partial charge in [0.1, 0.15) is 5.75 Å². The lowest BCUT2D eigenvalue weighted by atomic mass is 10.1. The van der Waals surface area contributed by atoms with E-state index in [0.717, 1.165) is 15.6 Å². The Morgan fingerprint density at radius 2 is 2.31 bits per heavy atom. The molecule has 1 aromatic carbocycles. The molecule has 0 amide bonds. The van der Waals surface area contributed by atoms with E-state index in [0.29, 0.717) is 5.75 Å². The topological polar surface area (TPSA) is 46.2 Å². The lowest BCUT2D eigenvalue weighted by Crippen LogP contribution is -2.08. The Balaban J connectivity index is 2.89. The van der Waals surface area contributed by atoms with Crippen molar-refractivity contribution in [1.82, 2.24) is 0 Å². The zero-order valence-electron chi connectivity index (χ0n) is 7.20. The molecule has 0 bridgehead atoms. The second-order valence-electron chi connectivity index (χ2n) is 2.84. The van der Waals surface area contributed by atoms with Crippen molar-refractivity contribution in [3.8, 4) is 5.75 Å². The summed E-state index contributed by atoms with van der Waals surface area (Å²) in [5.74, 6) is 0.301. The van der Waals surface area contributed by atoms with Crippen LogP contribution in [0.5, 0.6) is 5.75 Å². The van der Waals surface area contributed by atoms with Crippen molar-refractivity contribution >= 4 is 22.6 Å². The summed E-state index contributed by atoms with van der Waals surface area (Å²) in [5, 5.41) is 9.29. The number of aromatic hydroxyl groups is 1. The number of phenolic OH excluding ortho intramolecular Hbond substituents is 1. The fourth-order valence-corrected chi connectivity index (χ4v) is 1.61. The van der Waals surface area contributed by atoms with Crippen LogP contribution in [0.2, 0.25) is 0 Å². The molecule has 0 spiro atoms. The van der Waals surface area contributed by atoms with Crippen molar-refractivity contribution in [2.24, 2.45) is 5.73 Å². The molecule has 0 aliphatic heterocycles. The van der Waals surface area contributed by atoms with Gasteiger partial charge >= 0.3 is 0 Å². The van der Waals surface area contributed by atoms with Gasteiger partial charge in [-0.05, 0) is 46.7 Å². The second-order valence-corrected chi connectivity index (χ2v) is 4.00. The van der Waals surface area contributed by atoms with Crippen molar-refractivity contribution in [3.05, 3.63) is 40.0 Å². The van der Waals surface area contributed by atoms with Gasteiger partial charge in [0.25, 0.3) is 0 Å². The molecule has 1 atom stereocenters. The van der Waals surface area contributed by atoms with Crippen molar-refractivity contribution in [1.29, 1.82) is 0 Å². The fraction of sp³-hybridized carbons (Fsp3) is 0.200. The smallest absolute Gasteiger partial charge is 0.128 e. The molecule has 0 aromatic heterocycles. The quantitative estimate of drug-likeness (QED) is 0.663. The summed E-state index contributed by atoms with van der Waals surface area (Å²) in [5.41, 5.74) is 6.90. The van der Waals surface area contributed by atoms with Crippen LogP contribution in [0.4, 0.5) is 0 Å². The average Bonchev–Trinajstić information content (AvgIpc) is 2.10. The first-order valence-electron chi connectivity index (χ1n) is 4.00. The first kappa shape index (κ1) is 10.5. The van der Waals surface area contributed by atoms with Crippen molar-refractivity contribution in [3.63, 3.8) is 0 Å². The van der Waals surface area contributed by atoms with Gasteiger partial charge in [0.15, 0.2) is 0 Å². The molecule has 0 saturated carbocycles. The Kier molecular flexibility index (Phi) is 3.74. The molecule has 1 aromatic rings. The van der Waals surface area contributed by atoms with Crippen LogP contribution in [-0.4, -0.2) is 5.11 Å². The molecule has 0 fully saturated rings. The van der Waals surface area contributed by atoms with Crippen molar-refractivity contribution < 1.29 is 5.11 Å². The van der Waals surface area contributed by atoms with Crippen LogP contribution in [0, 0.1) is 3.57 Å². The van der Waals surface area contributed by atoms with Gasteiger partial charge in [0.2, 0.25) is 0 Å². The second kappa shape index (κ2) is 4.62. The number of hydrogen-bond donors (Lipinski definition) is 2. The third-order valence-corrected chi connectivity index (χ3v) is 2.68. The number of nitrogens with two attached hydrogens (primary N) is 1. The molecule has 1 rings (SSSR count). The van der Waals surface area contributed by atoms with Crippen LogP contribution in [0.1, 0.15) is 18.0 Å². The minimum absolute atomic E-state index is 0.0217. The molecule has 3 N–H and O–H groups in total. The van der Waals surface area contributed by atoms with E-state index in [1.54, 1.807) is 12.1 Å². The molecule has 70 valence electrons. The SMILES string of the molecule is C=CCC(N)c1ccc(O)c(I)c1. The number of hydrogen-bond acceptors (Lipinski definition) is 2. The predicted molar refractivity (Wildman–Crippen MR) is 62.6 cm³/mol. The van der Waals surface area contributed by atoms with Gasteiger partial charge in [0.05, 0.1) is 3.57 Å². The maximum atomic E-state index is 9.29. The molecule has 0 aliphatic carbocycles. The van der Waals surface area contributed by atoms with E-state index in [9.17, 15) is 5.11 Å². The summed E-state index contributed by atoms with van der Waals surface area (Å²) in [6.45, 7) is 3.63. The van der Waals surface area contributed by atoms with Gasteiger partial charge in [-0.25, -0.2) is 0 Å². The highest BCUT2D eigenvalue weighted by atomic mass is 127. The minimum Gasteiger partial charge on any atom is -0.507 e. The minimum atomic E-state index is -0.0217. The van der Waals surface area contributed by atoms with Crippen molar-refractivity contribution in [2.45, 2.75) is 12.5 Å². The number of halogens is 1. The summed E-state index contributed by atoms with van der Waals surface area (Å²) in [4.78, 5) is 0. The Morgan fingerprint density at radius 1 is 1.62 bits per heavy atom. The van der Waals surface area contributed by atoms with Crippen LogP contribution in [0.15, 0.2) is 30.9 Å². The van der Waals surface area contributed by atoms with E-state index in [1.165, 1.54) is 0 Å². The van der Waals surface area contributed by atoms with Gasteiger partial charge in [-0.2, -0.15) is 0 Å². The summed E-state index contributed by atoms with van der Waals surface area (Å²) >= 11 is 2.08. The normalized spacial score (nSPS) is 12.5. The Hall–Kier alpha value is -0.550. The standard InChI is InChI=1S/C10H12INO/c1-2-3-9(12)7-4-5-10(13)8(11)6-7/h2,4-6,9,13H,1,3,12H2. The molecule has 3 heteroatoms. The largest absolute Gasteiger partial charge is 0.507 e. The molecule has 0 saturated heterocycles. The van der Waals surface area contributed by atoms with E-state index in [1.807, 2.05) is 12.1 Å². The Morgan fingerprint density at radius 3 is 2.85 bits per heavy atom. The first-order valence-corrected chi connectivity index (χ1v) is 5.08. The Labute approximate surface area is 91.6 Å². The van der Waals surface area contributed by atoms with Crippen LogP contribution in [0.25, 0.3) is 0 Å². The maximum Gasteiger partial charge on any atom is 0.128 e. The van der Waals surface area contributed by atoms with Gasteiger partial charge in [-0.15, -0.1) is 6.58 Å². The number of phenols is 1. The van der Waals surface area contributed by atoms with Gasteiger partial charge in [-0.1, -0.05) is 12.1 Å². The first-order chi connectivity index (χ1) is 6.15. The van der Waals surface area contributed by atoms with E-state index in [4.69, 9.17) is 5.73 Å². The fourth-order valence-electron chi connectivity index (χ4n) is 1.07. The molecular weight excluding hydrogens is 277 g/mol. The van der Waals surface area contributed by atoms with E-state index >= 15 is 0 Å². The molecule has 0 aliphatic rings. The maximum absolute atomic E-state index is 9.29. The highest BCUT2D eigenvalue weighted by Crippen LogP contribution is 2.24. The third-order valence-electron chi connectivity index (χ3n) is 1.82. The van der Waals surface area contributed by atoms with Crippen LogP contribution < -0.4 is 5.73 Å². The molecule has 0 radical (unpaired) electrons. The average molecular weight is 289 g/mol. The van der Waals surface area contributed by atoms with Gasteiger partial charge in [-0.3, -0.25) is 0 Å². The molecule has 0 heterocycles. The molecule has 2 nitrogen and oxygen atoms in total. The Bertz CT molecular complexity index is 312. The zero-order chi connectivity index (χ0) is 9.84. The third kappa shape index (κ3) is 2.70. The van der Waals surface area contributed by atoms with Crippen LogP contribution in [0.3, 0.4) is 0 Å². The molecule has 13 heavy (non-hydrogen) atoms. The predicted octanol–water partition coefficient (Wildman–Crippen LogP) is 2.57. The number of benzene rings is 1. The highest BCUT2D eigenvalue weighted by Gasteiger charge is 2.05. The van der Waals surface area contributed by atoms with Crippen LogP contribution >= 0.6 is 22.6 Å².